The average Bonchev–Trinajstić information content (AvgIpc) is 3.56. The molecule has 1 amide bonds. The van der Waals surface area contributed by atoms with Crippen LogP contribution in [0.3, 0.4) is 0 Å². The molecule has 11 heteroatoms. The Balaban J connectivity index is 1.19. The van der Waals surface area contributed by atoms with Gasteiger partial charge in [-0.15, -0.1) is 10.2 Å². The molecular formula is C24H17ClN6O2S2. The molecule has 3 aromatic heterocycles. The lowest BCUT2D eigenvalue weighted by atomic mass is 10.2. The SMILES string of the molecule is Cc1nnc2sc(-c3cccc(NC(=S)NC(=O)C=Cc4ccc(-c5ccc(Cl)cc5)o4)c3)nn12. The molecule has 0 atom stereocenters. The molecule has 5 rings (SSSR count). The number of carbonyl (C=O) groups excluding carboxylic acids is 1. The summed E-state index contributed by atoms with van der Waals surface area (Å²) in [5, 5.41) is 19.9. The number of nitrogens with one attached hydrogen (secondary N) is 2. The second-order valence-electron chi connectivity index (χ2n) is 7.42. The largest absolute Gasteiger partial charge is 0.457 e. The number of hydrogen-bond donors (Lipinski definition) is 2. The maximum absolute atomic E-state index is 12.3. The molecule has 0 saturated heterocycles. The fourth-order valence-electron chi connectivity index (χ4n) is 3.25. The van der Waals surface area contributed by atoms with E-state index in [0.717, 1.165) is 32.6 Å². The Hall–Kier alpha value is -3.86. The van der Waals surface area contributed by atoms with E-state index >= 15 is 0 Å². The van der Waals surface area contributed by atoms with E-state index in [9.17, 15) is 4.79 Å². The smallest absolute Gasteiger partial charge is 0.250 e. The van der Waals surface area contributed by atoms with Gasteiger partial charge in [-0.3, -0.25) is 10.1 Å². The summed E-state index contributed by atoms with van der Waals surface area (Å²) in [6.07, 6.45) is 2.93. The Labute approximate surface area is 214 Å². The molecule has 3 heterocycles. The molecule has 0 spiro atoms. The lowest BCUT2D eigenvalue weighted by Gasteiger charge is -2.09. The van der Waals surface area contributed by atoms with Crippen molar-refractivity contribution in [2.75, 3.05) is 5.32 Å². The zero-order valence-corrected chi connectivity index (χ0v) is 20.6. The van der Waals surface area contributed by atoms with E-state index in [1.54, 1.807) is 28.8 Å². The van der Waals surface area contributed by atoms with Gasteiger partial charge in [0.1, 0.15) is 16.5 Å². The van der Waals surface area contributed by atoms with Crippen LogP contribution in [0.15, 0.2) is 71.2 Å². The van der Waals surface area contributed by atoms with Crippen molar-refractivity contribution in [2.24, 2.45) is 0 Å². The number of aryl methyl sites for hydroxylation is 1. The van der Waals surface area contributed by atoms with Crippen molar-refractivity contribution in [3.05, 3.63) is 83.3 Å². The van der Waals surface area contributed by atoms with Gasteiger partial charge in [-0.2, -0.15) is 9.61 Å². The number of benzene rings is 2. The molecule has 0 bridgehead atoms. The number of rotatable bonds is 5. The molecule has 0 aliphatic rings. The van der Waals surface area contributed by atoms with Crippen molar-refractivity contribution in [1.29, 1.82) is 0 Å². The number of aromatic nitrogens is 4. The maximum Gasteiger partial charge on any atom is 0.250 e. The molecule has 2 aromatic carbocycles. The lowest BCUT2D eigenvalue weighted by molar-refractivity contribution is -0.115. The summed E-state index contributed by atoms with van der Waals surface area (Å²) in [6.45, 7) is 1.85. The molecule has 35 heavy (non-hydrogen) atoms. The highest BCUT2D eigenvalue weighted by Crippen LogP contribution is 2.27. The van der Waals surface area contributed by atoms with Crippen LogP contribution in [0.2, 0.25) is 5.02 Å². The molecule has 5 aromatic rings. The average molecular weight is 521 g/mol. The fraction of sp³-hybridized carbons (Fsp3) is 0.0417. The van der Waals surface area contributed by atoms with Crippen LogP contribution in [0, 0.1) is 6.92 Å². The molecule has 2 N–H and O–H groups in total. The van der Waals surface area contributed by atoms with Crippen LogP contribution in [0.5, 0.6) is 0 Å². The molecular weight excluding hydrogens is 504 g/mol. The molecule has 0 unspecified atom stereocenters. The minimum Gasteiger partial charge on any atom is -0.457 e. The number of nitrogens with zero attached hydrogens (tertiary/aromatic N) is 4. The van der Waals surface area contributed by atoms with Gasteiger partial charge in [-0.1, -0.05) is 35.1 Å². The third kappa shape index (κ3) is 5.29. The first kappa shape index (κ1) is 22.9. The van der Waals surface area contributed by atoms with Crippen molar-refractivity contribution < 1.29 is 9.21 Å². The number of hydrogen-bond acceptors (Lipinski definition) is 7. The van der Waals surface area contributed by atoms with Gasteiger partial charge in [0.15, 0.2) is 10.9 Å². The van der Waals surface area contributed by atoms with E-state index < -0.39 is 0 Å². The zero-order chi connectivity index (χ0) is 24.4. The summed E-state index contributed by atoms with van der Waals surface area (Å²) in [4.78, 5) is 13.0. The first-order valence-electron chi connectivity index (χ1n) is 10.4. The third-order valence-electron chi connectivity index (χ3n) is 4.91. The maximum atomic E-state index is 12.3. The van der Waals surface area contributed by atoms with Crippen molar-refractivity contribution in [3.8, 4) is 21.9 Å². The number of fused-ring (bicyclic) bond motifs is 1. The van der Waals surface area contributed by atoms with Crippen molar-refractivity contribution in [2.45, 2.75) is 6.92 Å². The Kier molecular flexibility index (Phi) is 6.41. The Morgan fingerprint density at radius 3 is 2.74 bits per heavy atom. The molecule has 0 fully saturated rings. The number of thiocarbonyl (C=S) groups is 1. The Morgan fingerprint density at radius 2 is 1.94 bits per heavy atom. The van der Waals surface area contributed by atoms with Gasteiger partial charge >= 0.3 is 0 Å². The van der Waals surface area contributed by atoms with E-state index in [-0.39, 0.29) is 11.0 Å². The van der Waals surface area contributed by atoms with Crippen LogP contribution in [0.25, 0.3) is 32.9 Å². The normalized spacial score (nSPS) is 11.3. The van der Waals surface area contributed by atoms with E-state index in [2.05, 4.69) is 25.9 Å². The van der Waals surface area contributed by atoms with Gasteiger partial charge in [0, 0.05) is 27.9 Å². The highest BCUT2D eigenvalue weighted by molar-refractivity contribution is 7.80. The topological polar surface area (TPSA) is 97.3 Å². The Morgan fingerprint density at radius 1 is 1.11 bits per heavy atom. The highest BCUT2D eigenvalue weighted by atomic mass is 35.5. The van der Waals surface area contributed by atoms with E-state index in [4.69, 9.17) is 28.2 Å². The number of amides is 1. The number of furan rings is 1. The summed E-state index contributed by atoms with van der Waals surface area (Å²) in [5.74, 6) is 1.56. The standard InChI is InChI=1S/C24H17ClN6O2S2/c1-14-28-29-24-31(14)30-22(35-24)16-3-2-4-18(13-16)26-23(34)27-21(32)12-10-19-9-11-20(33-19)15-5-7-17(25)8-6-15/h2-13H,1H3,(H2,26,27,32,34). The molecule has 174 valence electrons. The molecule has 0 aliphatic carbocycles. The van der Waals surface area contributed by atoms with E-state index in [1.165, 1.54) is 17.4 Å². The number of carbonyl (C=O) groups is 1. The molecule has 8 nitrogen and oxygen atoms in total. The van der Waals surface area contributed by atoms with E-state index in [0.29, 0.717) is 16.5 Å². The van der Waals surface area contributed by atoms with Crippen molar-refractivity contribution >= 4 is 62.9 Å². The summed E-state index contributed by atoms with van der Waals surface area (Å²) < 4.78 is 7.47. The monoisotopic (exact) mass is 520 g/mol. The minimum absolute atomic E-state index is 0.173. The number of anilines is 1. The highest BCUT2D eigenvalue weighted by Gasteiger charge is 2.11. The van der Waals surface area contributed by atoms with Crippen molar-refractivity contribution in [1.82, 2.24) is 25.1 Å². The fourth-order valence-corrected chi connectivity index (χ4v) is 4.47. The van der Waals surface area contributed by atoms with Crippen LogP contribution in [-0.2, 0) is 4.79 Å². The van der Waals surface area contributed by atoms with Crippen LogP contribution in [-0.4, -0.2) is 30.8 Å². The zero-order valence-electron chi connectivity index (χ0n) is 18.2. The van der Waals surface area contributed by atoms with Gasteiger partial charge in [0.2, 0.25) is 10.9 Å². The van der Waals surface area contributed by atoms with Crippen LogP contribution in [0.4, 0.5) is 5.69 Å². The second kappa shape index (κ2) is 9.79. The Bertz CT molecular complexity index is 1570. The van der Waals surface area contributed by atoms with Crippen molar-refractivity contribution in [3.63, 3.8) is 0 Å². The van der Waals surface area contributed by atoms with Gasteiger partial charge in [0.05, 0.1) is 0 Å². The van der Waals surface area contributed by atoms with Gasteiger partial charge in [-0.25, -0.2) is 0 Å². The molecule has 0 radical (unpaired) electrons. The number of halogens is 1. The van der Waals surface area contributed by atoms with Crippen LogP contribution < -0.4 is 10.6 Å². The summed E-state index contributed by atoms with van der Waals surface area (Å²) >= 11 is 12.7. The predicted molar refractivity (Wildman–Crippen MR) is 141 cm³/mol. The predicted octanol–water partition coefficient (Wildman–Crippen LogP) is 5.60. The van der Waals surface area contributed by atoms with E-state index in [1.807, 2.05) is 49.4 Å². The first-order valence-corrected chi connectivity index (χ1v) is 12.0. The molecule has 0 aliphatic heterocycles. The quantitative estimate of drug-likeness (QED) is 0.230. The minimum atomic E-state index is -0.382. The first-order chi connectivity index (χ1) is 16.9. The summed E-state index contributed by atoms with van der Waals surface area (Å²) in [6, 6.07) is 18.5. The summed E-state index contributed by atoms with van der Waals surface area (Å²) in [5.41, 5.74) is 2.51. The third-order valence-corrected chi connectivity index (χ3v) is 6.31. The van der Waals surface area contributed by atoms with Gasteiger partial charge < -0.3 is 9.73 Å². The van der Waals surface area contributed by atoms with Crippen LogP contribution in [0.1, 0.15) is 11.6 Å². The van der Waals surface area contributed by atoms with Crippen LogP contribution >= 0.6 is 35.2 Å². The lowest BCUT2D eigenvalue weighted by Crippen LogP contribution is -2.32. The van der Waals surface area contributed by atoms with Gasteiger partial charge in [0.25, 0.3) is 0 Å². The molecule has 0 saturated carbocycles. The summed E-state index contributed by atoms with van der Waals surface area (Å²) in [7, 11) is 0. The second-order valence-corrected chi connectivity index (χ2v) is 9.22. The van der Waals surface area contributed by atoms with Gasteiger partial charge in [-0.05, 0) is 73.7 Å².